The van der Waals surface area contributed by atoms with Gasteiger partial charge in [0, 0.05) is 20.2 Å². The van der Waals surface area contributed by atoms with Crippen LogP contribution in [0.1, 0.15) is 19.8 Å². The number of ether oxygens (including phenoxy) is 1. The summed E-state index contributed by atoms with van der Waals surface area (Å²) in [7, 11) is 1.61. The van der Waals surface area contributed by atoms with Crippen molar-refractivity contribution < 1.29 is 17.9 Å². The number of nitrogens with zero attached hydrogens (tertiary/aromatic N) is 1. The number of rotatable bonds is 2. The molecule has 0 unspecified atom stereocenters. The number of hydrogen-bond donors (Lipinski definition) is 0. The molecule has 1 aliphatic rings. The van der Waals surface area contributed by atoms with Gasteiger partial charge in [-0.2, -0.15) is 13.2 Å². The molecule has 84 valence electrons. The molecule has 1 fully saturated rings. The molecule has 1 heterocycles. The normalized spacial score (nSPS) is 23.8. The van der Waals surface area contributed by atoms with Crippen molar-refractivity contribution in [1.29, 1.82) is 0 Å². The first-order valence-electron chi connectivity index (χ1n) is 4.69. The molecule has 0 aromatic heterocycles. The lowest BCUT2D eigenvalue weighted by Crippen LogP contribution is -2.46. The number of hydrogen-bond acceptors (Lipinski definition) is 2. The standard InChI is InChI=1S/C9H16F3NO/c1-8(14-2)3-5-13(6-4-8)7-9(10,11)12/h3-7H2,1-2H3. The van der Waals surface area contributed by atoms with Crippen LogP contribution in [0.4, 0.5) is 13.2 Å². The van der Waals surface area contributed by atoms with E-state index in [9.17, 15) is 13.2 Å². The van der Waals surface area contributed by atoms with E-state index in [4.69, 9.17) is 4.74 Å². The van der Waals surface area contributed by atoms with Crippen LogP contribution in [0.25, 0.3) is 0 Å². The summed E-state index contributed by atoms with van der Waals surface area (Å²) in [6, 6.07) is 0. The molecule has 0 aliphatic carbocycles. The minimum absolute atomic E-state index is 0.234. The Morgan fingerprint density at radius 1 is 1.29 bits per heavy atom. The van der Waals surface area contributed by atoms with E-state index in [1.54, 1.807) is 7.11 Å². The maximum Gasteiger partial charge on any atom is 0.401 e. The predicted octanol–water partition coefficient (Wildman–Crippen LogP) is 2.05. The van der Waals surface area contributed by atoms with Crippen LogP contribution in [0.15, 0.2) is 0 Å². The fourth-order valence-electron chi connectivity index (χ4n) is 1.64. The molecule has 1 aliphatic heterocycles. The molecule has 14 heavy (non-hydrogen) atoms. The van der Waals surface area contributed by atoms with Gasteiger partial charge in [-0.1, -0.05) is 0 Å². The summed E-state index contributed by atoms with van der Waals surface area (Å²) in [5.41, 5.74) is -0.234. The third-order valence-corrected chi connectivity index (χ3v) is 2.81. The summed E-state index contributed by atoms with van der Waals surface area (Å²) in [5, 5.41) is 0. The Balaban J connectivity index is 2.36. The summed E-state index contributed by atoms with van der Waals surface area (Å²) in [6.07, 6.45) is -2.75. The second-order valence-electron chi connectivity index (χ2n) is 4.05. The Hall–Kier alpha value is -0.290. The predicted molar refractivity (Wildman–Crippen MR) is 47.1 cm³/mol. The Labute approximate surface area is 82.0 Å². The molecule has 5 heteroatoms. The summed E-state index contributed by atoms with van der Waals surface area (Å²) >= 11 is 0. The van der Waals surface area contributed by atoms with Gasteiger partial charge in [0.25, 0.3) is 0 Å². The van der Waals surface area contributed by atoms with Gasteiger partial charge in [0.1, 0.15) is 0 Å². The van der Waals surface area contributed by atoms with E-state index >= 15 is 0 Å². The molecule has 1 saturated heterocycles. The average Bonchev–Trinajstić information content (AvgIpc) is 2.07. The van der Waals surface area contributed by atoms with Crippen molar-refractivity contribution in [3.63, 3.8) is 0 Å². The Morgan fingerprint density at radius 3 is 2.14 bits per heavy atom. The van der Waals surface area contributed by atoms with Crippen molar-refractivity contribution in [3.8, 4) is 0 Å². The van der Waals surface area contributed by atoms with Gasteiger partial charge >= 0.3 is 6.18 Å². The third kappa shape index (κ3) is 3.46. The highest BCUT2D eigenvalue weighted by molar-refractivity contribution is 4.83. The molecule has 0 N–H and O–H groups in total. The molecule has 1 rings (SSSR count). The lowest BCUT2D eigenvalue weighted by molar-refractivity contribution is -0.154. The highest BCUT2D eigenvalue weighted by atomic mass is 19.4. The van der Waals surface area contributed by atoms with Gasteiger partial charge in [-0.25, -0.2) is 0 Å². The van der Waals surface area contributed by atoms with Crippen molar-refractivity contribution in [3.05, 3.63) is 0 Å². The molecule has 0 aromatic carbocycles. The molecule has 2 nitrogen and oxygen atoms in total. The van der Waals surface area contributed by atoms with E-state index in [1.807, 2.05) is 6.92 Å². The third-order valence-electron chi connectivity index (χ3n) is 2.81. The quantitative estimate of drug-likeness (QED) is 0.693. The van der Waals surface area contributed by atoms with Crippen LogP contribution < -0.4 is 0 Å². The van der Waals surface area contributed by atoms with Crippen LogP contribution in [0.5, 0.6) is 0 Å². The molecule has 0 spiro atoms. The summed E-state index contributed by atoms with van der Waals surface area (Å²) in [5.74, 6) is 0. The molecule has 0 radical (unpaired) electrons. The van der Waals surface area contributed by atoms with Crippen molar-refractivity contribution >= 4 is 0 Å². The fourth-order valence-corrected chi connectivity index (χ4v) is 1.64. The zero-order valence-corrected chi connectivity index (χ0v) is 8.52. The van der Waals surface area contributed by atoms with Crippen LogP contribution >= 0.6 is 0 Å². The minimum atomic E-state index is -4.08. The molecule has 0 atom stereocenters. The molecule has 0 aromatic rings. The van der Waals surface area contributed by atoms with Crippen LogP contribution in [-0.2, 0) is 4.74 Å². The Kier molecular flexibility index (Phi) is 3.42. The van der Waals surface area contributed by atoms with Crippen LogP contribution in [0.3, 0.4) is 0 Å². The SMILES string of the molecule is COC1(C)CCN(CC(F)(F)F)CC1. The second-order valence-corrected chi connectivity index (χ2v) is 4.05. The summed E-state index contributed by atoms with van der Waals surface area (Å²) in [4.78, 5) is 1.43. The zero-order valence-electron chi connectivity index (χ0n) is 8.52. The summed E-state index contributed by atoms with van der Waals surface area (Å²) in [6.45, 7) is 2.07. The number of methoxy groups -OCH3 is 1. The van der Waals surface area contributed by atoms with E-state index in [-0.39, 0.29) is 5.60 Å². The molecule has 0 saturated carbocycles. The number of piperidine rings is 1. The van der Waals surface area contributed by atoms with Gasteiger partial charge in [0.05, 0.1) is 12.1 Å². The number of likely N-dealkylation sites (tertiary alicyclic amines) is 1. The molecule has 0 bridgehead atoms. The van der Waals surface area contributed by atoms with Crippen LogP contribution in [0, 0.1) is 0 Å². The highest BCUT2D eigenvalue weighted by Gasteiger charge is 2.35. The van der Waals surface area contributed by atoms with Crippen LogP contribution in [0.2, 0.25) is 0 Å². The monoisotopic (exact) mass is 211 g/mol. The van der Waals surface area contributed by atoms with E-state index in [0.717, 1.165) is 0 Å². The first-order chi connectivity index (χ1) is 6.35. The maximum atomic E-state index is 12.0. The first kappa shape index (κ1) is 11.8. The van der Waals surface area contributed by atoms with E-state index in [2.05, 4.69) is 0 Å². The van der Waals surface area contributed by atoms with E-state index < -0.39 is 12.7 Å². The van der Waals surface area contributed by atoms with Crippen LogP contribution in [-0.4, -0.2) is 43.4 Å². The number of halogens is 3. The second kappa shape index (κ2) is 4.06. The van der Waals surface area contributed by atoms with Crippen molar-refractivity contribution in [2.45, 2.75) is 31.5 Å². The lowest BCUT2D eigenvalue weighted by Gasteiger charge is -2.38. The van der Waals surface area contributed by atoms with Gasteiger partial charge < -0.3 is 4.74 Å². The lowest BCUT2D eigenvalue weighted by atomic mass is 9.93. The zero-order chi connectivity index (χ0) is 10.8. The van der Waals surface area contributed by atoms with Gasteiger partial charge in [0.2, 0.25) is 0 Å². The largest absolute Gasteiger partial charge is 0.401 e. The van der Waals surface area contributed by atoms with E-state index in [1.165, 1.54) is 4.90 Å². The van der Waals surface area contributed by atoms with Gasteiger partial charge in [-0.05, 0) is 19.8 Å². The topological polar surface area (TPSA) is 12.5 Å². The summed E-state index contributed by atoms with van der Waals surface area (Å²) < 4.78 is 41.4. The molecule has 0 amide bonds. The molecular formula is C9H16F3NO. The average molecular weight is 211 g/mol. The van der Waals surface area contributed by atoms with Crippen molar-refractivity contribution in [1.82, 2.24) is 4.90 Å². The number of alkyl halides is 3. The van der Waals surface area contributed by atoms with Gasteiger partial charge in [0.15, 0.2) is 0 Å². The van der Waals surface area contributed by atoms with Crippen molar-refractivity contribution in [2.75, 3.05) is 26.7 Å². The maximum absolute atomic E-state index is 12.0. The minimum Gasteiger partial charge on any atom is -0.378 e. The van der Waals surface area contributed by atoms with Gasteiger partial charge in [-0.3, -0.25) is 4.90 Å². The smallest absolute Gasteiger partial charge is 0.378 e. The van der Waals surface area contributed by atoms with Gasteiger partial charge in [-0.15, -0.1) is 0 Å². The highest BCUT2D eigenvalue weighted by Crippen LogP contribution is 2.27. The Morgan fingerprint density at radius 2 is 1.79 bits per heavy atom. The van der Waals surface area contributed by atoms with Crippen molar-refractivity contribution in [2.24, 2.45) is 0 Å². The first-order valence-corrected chi connectivity index (χ1v) is 4.69. The van der Waals surface area contributed by atoms with E-state index in [0.29, 0.717) is 25.9 Å². The molecular weight excluding hydrogens is 195 g/mol. The Bertz CT molecular complexity index is 185. The fraction of sp³-hybridized carbons (Fsp3) is 1.00.